The van der Waals surface area contributed by atoms with Crippen molar-refractivity contribution in [3.63, 3.8) is 0 Å². The molecule has 0 aliphatic carbocycles. The fourth-order valence-electron chi connectivity index (χ4n) is 3.62. The fraction of sp³-hybridized carbons (Fsp3) is 0.296. The van der Waals surface area contributed by atoms with Crippen LogP contribution in [0.25, 0.3) is 0 Å². The summed E-state index contributed by atoms with van der Waals surface area (Å²) in [6.07, 6.45) is 3.27. The first-order valence-corrected chi connectivity index (χ1v) is 10.5. The average molecular weight is 402 g/mol. The van der Waals surface area contributed by atoms with Crippen molar-refractivity contribution in [2.24, 2.45) is 5.16 Å². The number of hydrogen-bond donors (Lipinski definition) is 0. The van der Waals surface area contributed by atoms with Gasteiger partial charge in [0.25, 0.3) is 0 Å². The minimum atomic E-state index is 0.114. The first-order valence-electron chi connectivity index (χ1n) is 10.5. The second-order valence-electron chi connectivity index (χ2n) is 8.24. The van der Waals surface area contributed by atoms with Gasteiger partial charge in [0.05, 0.1) is 5.71 Å². The van der Waals surface area contributed by atoms with E-state index in [1.807, 2.05) is 43.3 Å². The largest absolute Gasteiger partial charge is 0.457 e. The van der Waals surface area contributed by atoms with Crippen molar-refractivity contribution in [1.82, 2.24) is 0 Å². The minimum Gasteiger partial charge on any atom is -0.457 e. The number of ether oxygens (including phenoxy) is 1. The highest BCUT2D eigenvalue weighted by Gasteiger charge is 2.20. The number of benzene rings is 3. The van der Waals surface area contributed by atoms with Gasteiger partial charge in [-0.3, -0.25) is 0 Å². The molecule has 156 valence electrons. The number of oxime groups is 1. The van der Waals surface area contributed by atoms with Crippen molar-refractivity contribution in [2.45, 2.75) is 45.4 Å². The fourth-order valence-corrected chi connectivity index (χ4v) is 3.62. The van der Waals surface area contributed by atoms with Gasteiger partial charge in [-0.05, 0) is 72.6 Å². The van der Waals surface area contributed by atoms with Crippen LogP contribution in [0, 0.1) is 0 Å². The normalized spacial score (nSPS) is 11.9. The van der Waals surface area contributed by atoms with Crippen molar-refractivity contribution < 1.29 is 9.57 Å². The zero-order valence-electron chi connectivity index (χ0n) is 18.4. The molecule has 0 fully saturated rings. The van der Waals surface area contributed by atoms with Crippen molar-refractivity contribution in [3.8, 4) is 11.5 Å². The molecule has 0 heterocycles. The Morgan fingerprint density at radius 3 is 2.27 bits per heavy atom. The van der Waals surface area contributed by atoms with E-state index in [0.29, 0.717) is 0 Å². The number of nitrogens with zero attached hydrogens (tertiary/aromatic N) is 1. The van der Waals surface area contributed by atoms with Gasteiger partial charge in [0.1, 0.15) is 18.6 Å². The number of para-hydroxylation sites is 1. The monoisotopic (exact) mass is 401 g/mol. The molecule has 0 unspecified atom stereocenters. The summed E-state index contributed by atoms with van der Waals surface area (Å²) in [5, 5.41) is 4.01. The number of aryl methyl sites for hydroxylation is 1. The summed E-state index contributed by atoms with van der Waals surface area (Å²) in [6, 6.07) is 27.0. The van der Waals surface area contributed by atoms with Gasteiger partial charge in [-0.2, -0.15) is 0 Å². The van der Waals surface area contributed by atoms with E-state index in [1.165, 1.54) is 11.1 Å². The summed E-state index contributed by atoms with van der Waals surface area (Å²) in [5.74, 6) is 1.76. The molecule has 0 bridgehead atoms. The maximum Gasteiger partial charge on any atom is 0.127 e. The van der Waals surface area contributed by atoms with Crippen LogP contribution in [0.3, 0.4) is 0 Å². The maximum atomic E-state index is 5.96. The first kappa shape index (κ1) is 21.6. The van der Waals surface area contributed by atoms with Crippen molar-refractivity contribution in [3.05, 3.63) is 95.6 Å². The van der Waals surface area contributed by atoms with Crippen molar-refractivity contribution in [2.75, 3.05) is 7.11 Å². The lowest BCUT2D eigenvalue weighted by Crippen LogP contribution is -2.17. The van der Waals surface area contributed by atoms with E-state index in [4.69, 9.17) is 9.57 Å². The Bertz CT molecular complexity index is 960. The third-order valence-corrected chi connectivity index (χ3v) is 5.46. The Morgan fingerprint density at radius 2 is 1.57 bits per heavy atom. The summed E-state index contributed by atoms with van der Waals surface area (Å²) >= 11 is 0. The third-order valence-electron chi connectivity index (χ3n) is 5.46. The van der Waals surface area contributed by atoms with Gasteiger partial charge in [0.2, 0.25) is 0 Å². The smallest absolute Gasteiger partial charge is 0.127 e. The molecule has 0 N–H and O–H groups in total. The van der Waals surface area contributed by atoms with E-state index in [0.717, 1.165) is 42.0 Å². The van der Waals surface area contributed by atoms with Crippen LogP contribution >= 0.6 is 0 Å². The highest BCUT2D eigenvalue weighted by atomic mass is 16.6. The highest BCUT2D eigenvalue weighted by Crippen LogP contribution is 2.30. The van der Waals surface area contributed by atoms with Gasteiger partial charge in [-0.25, -0.2) is 0 Å². The van der Waals surface area contributed by atoms with Crippen molar-refractivity contribution in [1.29, 1.82) is 0 Å². The lowest BCUT2D eigenvalue weighted by molar-refractivity contribution is 0.213. The van der Waals surface area contributed by atoms with Gasteiger partial charge in [-0.1, -0.05) is 73.6 Å². The molecule has 3 aromatic rings. The van der Waals surface area contributed by atoms with Crippen LogP contribution in [-0.4, -0.2) is 12.8 Å². The Hall–Kier alpha value is -3.07. The molecule has 0 saturated carbocycles. The Morgan fingerprint density at radius 1 is 0.867 bits per heavy atom. The molecule has 0 spiro atoms. The van der Waals surface area contributed by atoms with Crippen LogP contribution in [0.2, 0.25) is 0 Å². The summed E-state index contributed by atoms with van der Waals surface area (Å²) in [4.78, 5) is 4.87. The van der Waals surface area contributed by atoms with E-state index >= 15 is 0 Å². The van der Waals surface area contributed by atoms with Gasteiger partial charge in [0, 0.05) is 0 Å². The van der Waals surface area contributed by atoms with E-state index in [2.05, 4.69) is 61.5 Å². The molecule has 3 heteroatoms. The van der Waals surface area contributed by atoms with Gasteiger partial charge >= 0.3 is 0 Å². The quantitative estimate of drug-likeness (QED) is 0.281. The van der Waals surface area contributed by atoms with Crippen LogP contribution in [0.4, 0.5) is 0 Å². The van der Waals surface area contributed by atoms with Gasteiger partial charge in [0.15, 0.2) is 0 Å². The molecule has 0 aliphatic rings. The second-order valence-corrected chi connectivity index (χ2v) is 8.24. The van der Waals surface area contributed by atoms with Gasteiger partial charge < -0.3 is 9.57 Å². The summed E-state index contributed by atoms with van der Waals surface area (Å²) in [6.45, 7) is 6.58. The van der Waals surface area contributed by atoms with Crippen LogP contribution in [0.15, 0.2) is 84.0 Å². The Kier molecular flexibility index (Phi) is 7.29. The number of hydrogen-bond acceptors (Lipinski definition) is 3. The van der Waals surface area contributed by atoms with E-state index in [9.17, 15) is 0 Å². The van der Waals surface area contributed by atoms with E-state index < -0.39 is 0 Å². The molecule has 0 atom stereocenters. The SMILES string of the molecule is CO/N=C(\C)c1ccc(C(C)(C)CCCc2cccc(Oc3ccccc3)c2)cc1. The van der Waals surface area contributed by atoms with E-state index in [1.54, 1.807) is 7.11 Å². The average Bonchev–Trinajstić information content (AvgIpc) is 2.75. The number of rotatable bonds is 9. The third kappa shape index (κ3) is 5.96. The topological polar surface area (TPSA) is 30.8 Å². The highest BCUT2D eigenvalue weighted by molar-refractivity contribution is 5.98. The Balaban J connectivity index is 1.57. The summed E-state index contributed by atoms with van der Waals surface area (Å²) in [5.41, 5.74) is 4.74. The standard InChI is InChI=1S/C27H31NO2/c1-21(28-29-4)23-15-17-24(18-16-23)27(2,3)19-9-11-22-10-8-14-26(20-22)30-25-12-6-5-7-13-25/h5-8,10,12-18,20H,9,11,19H2,1-4H3/b28-21+. The summed E-state index contributed by atoms with van der Waals surface area (Å²) in [7, 11) is 1.57. The molecule has 3 aromatic carbocycles. The molecular weight excluding hydrogens is 370 g/mol. The lowest BCUT2D eigenvalue weighted by atomic mass is 9.79. The predicted octanol–water partition coefficient (Wildman–Crippen LogP) is 7.15. The Labute approximate surface area is 180 Å². The maximum absolute atomic E-state index is 5.96. The molecule has 3 rings (SSSR count). The van der Waals surface area contributed by atoms with E-state index in [-0.39, 0.29) is 5.41 Å². The van der Waals surface area contributed by atoms with Crippen LogP contribution < -0.4 is 4.74 Å². The van der Waals surface area contributed by atoms with Crippen LogP contribution in [0.5, 0.6) is 11.5 Å². The predicted molar refractivity (Wildman–Crippen MR) is 125 cm³/mol. The molecule has 0 saturated heterocycles. The second kappa shape index (κ2) is 10.1. The lowest BCUT2D eigenvalue weighted by Gasteiger charge is -2.25. The molecule has 0 amide bonds. The minimum absolute atomic E-state index is 0.114. The molecule has 0 radical (unpaired) electrons. The molecule has 0 aliphatic heterocycles. The molecular formula is C27H31NO2. The molecule has 0 aromatic heterocycles. The summed E-state index contributed by atoms with van der Waals surface area (Å²) < 4.78 is 5.96. The zero-order valence-corrected chi connectivity index (χ0v) is 18.4. The van der Waals surface area contributed by atoms with Crippen LogP contribution in [-0.2, 0) is 16.7 Å². The first-order chi connectivity index (χ1) is 14.5. The molecule has 3 nitrogen and oxygen atoms in total. The van der Waals surface area contributed by atoms with Crippen molar-refractivity contribution >= 4 is 5.71 Å². The van der Waals surface area contributed by atoms with Gasteiger partial charge in [-0.15, -0.1) is 0 Å². The molecule has 30 heavy (non-hydrogen) atoms. The zero-order chi connectivity index (χ0) is 21.4. The van der Waals surface area contributed by atoms with Crippen LogP contribution in [0.1, 0.15) is 50.3 Å².